The Morgan fingerprint density at radius 2 is 1.02 bits per heavy atom. The van der Waals surface area contributed by atoms with Gasteiger partial charge in [-0.1, -0.05) is 134 Å². The van der Waals surface area contributed by atoms with Gasteiger partial charge in [0.15, 0.2) is 0 Å². The van der Waals surface area contributed by atoms with Gasteiger partial charge in [0.1, 0.15) is 10.0 Å². The van der Waals surface area contributed by atoms with Crippen molar-refractivity contribution < 1.29 is 45.2 Å². The van der Waals surface area contributed by atoms with Crippen LogP contribution in [0.5, 0.6) is 0 Å². The molecule has 0 bridgehead atoms. The van der Waals surface area contributed by atoms with Crippen LogP contribution < -0.4 is 5.73 Å². The summed E-state index contributed by atoms with van der Waals surface area (Å²) in [5.41, 5.74) is 11.8. The van der Waals surface area contributed by atoms with Gasteiger partial charge in [-0.05, 0) is 43.0 Å². The zero-order chi connectivity index (χ0) is 30.6. The molecule has 0 aliphatic heterocycles. The number of aryl methyl sites for hydroxylation is 2. The number of benzene rings is 4. The number of hydrogen-bond acceptors (Lipinski definition) is 3. The molecular weight excluding hydrogens is 652 g/mol. The van der Waals surface area contributed by atoms with Crippen LogP contribution in [0.2, 0.25) is 0 Å². The molecule has 0 saturated heterocycles. The molecule has 0 aliphatic carbocycles. The second-order valence-corrected chi connectivity index (χ2v) is 11.4. The normalized spacial score (nSPS) is 12.5. The molecule has 0 fully saturated rings. The van der Waals surface area contributed by atoms with Crippen molar-refractivity contribution in [2.45, 2.75) is 50.6 Å². The Balaban J connectivity index is 0.000000456. The zero-order valence-corrected chi connectivity index (χ0v) is 26.4. The first-order chi connectivity index (χ1) is 19.2. The summed E-state index contributed by atoms with van der Waals surface area (Å²) in [6, 6.07) is 32.8. The second kappa shape index (κ2) is 17.3. The Morgan fingerprint density at radius 1 is 0.643 bits per heavy atom. The first-order valence-electron chi connectivity index (χ1n) is 13.0. The quantitative estimate of drug-likeness (QED) is 0.156. The van der Waals surface area contributed by atoms with Gasteiger partial charge in [-0.25, -0.2) is 8.42 Å². The van der Waals surface area contributed by atoms with E-state index in [0.717, 1.165) is 16.7 Å². The molecule has 0 amide bonds. The van der Waals surface area contributed by atoms with Crippen LogP contribution in [0.4, 0.5) is 17.3 Å². The maximum Gasteiger partial charge on any atom is 2.00 e. The van der Waals surface area contributed by atoms with Crippen LogP contribution in [-0.4, -0.2) is 15.7 Å². The summed E-state index contributed by atoms with van der Waals surface area (Å²) in [6.07, 6.45) is 0. The summed E-state index contributed by atoms with van der Waals surface area (Å²) >= 11 is 0. The van der Waals surface area contributed by atoms with Crippen molar-refractivity contribution in [2.24, 2.45) is 5.73 Å². The van der Waals surface area contributed by atoms with Gasteiger partial charge in [0, 0.05) is 10.9 Å². The first kappa shape index (κ1) is 37.2. The van der Waals surface area contributed by atoms with Gasteiger partial charge in [0.25, 0.3) is 0 Å². The fourth-order valence-corrected chi connectivity index (χ4v) is 4.87. The van der Waals surface area contributed by atoms with Crippen molar-refractivity contribution in [3.05, 3.63) is 142 Å². The van der Waals surface area contributed by atoms with Crippen LogP contribution in [-0.2, 0) is 29.5 Å². The predicted molar refractivity (Wildman–Crippen MR) is 160 cm³/mol. The van der Waals surface area contributed by atoms with E-state index in [9.17, 15) is 25.7 Å². The number of rotatable bonds is 7. The Bertz CT molecular complexity index is 1420. The van der Waals surface area contributed by atoms with Crippen LogP contribution in [0.1, 0.15) is 59.7 Å². The van der Waals surface area contributed by atoms with E-state index in [-0.39, 0.29) is 24.4 Å². The summed E-state index contributed by atoms with van der Waals surface area (Å²) < 4.78 is 68.9. The third kappa shape index (κ3) is 13.4. The summed E-state index contributed by atoms with van der Waals surface area (Å²) in [5, 5.41) is 0. The Hall–Kier alpha value is -2.84. The number of halogens is 4. The SMILES string of the molecule is Cc1ccc(C(C)C)cc1.Cc1ccc(S(=O)(=O)[N-][C@@H](c2ccccc2)[C@@H](N)c2ccccc2)cc1.F[B-](F)(F)F.[Ru+2]. The van der Waals surface area contributed by atoms with Gasteiger partial charge in [-0.2, -0.15) is 0 Å². The summed E-state index contributed by atoms with van der Waals surface area (Å²) in [4.78, 5) is 0.171. The molecule has 4 nitrogen and oxygen atoms in total. The van der Waals surface area contributed by atoms with E-state index < -0.39 is 29.4 Å². The fourth-order valence-electron chi connectivity index (χ4n) is 3.71. The molecule has 4 aromatic carbocycles. The summed E-state index contributed by atoms with van der Waals surface area (Å²) in [6.45, 7) is 8.45. The van der Waals surface area contributed by atoms with Gasteiger partial charge < -0.3 is 27.7 Å². The third-order valence-electron chi connectivity index (χ3n) is 5.98. The standard InChI is InChI=1S/C21H21N2O2S.C10H14.BF4.Ru/c1-16-12-14-19(15-13-16)26(24,25)23-21(18-10-6-3-7-11-18)20(22)17-8-4-2-5-9-17;1-8(2)10-6-4-9(3)5-7-10;2-1(3,4)5;/h2-15,20-21H,22H2,1H3;4-8H,1-3H3;;/q-1;;-1;+2/t20-,21-;;;/m0.../s1. The average molecular weight is 688 g/mol. The van der Waals surface area contributed by atoms with Gasteiger partial charge in [-0.3, -0.25) is 0 Å². The number of nitrogens with zero attached hydrogens (tertiary/aromatic N) is 1. The van der Waals surface area contributed by atoms with Crippen molar-refractivity contribution in [3.63, 3.8) is 0 Å². The molecule has 0 spiro atoms. The largest absolute Gasteiger partial charge is 2.00 e. The Labute approximate surface area is 259 Å². The molecule has 0 radical (unpaired) electrons. The Morgan fingerprint density at radius 3 is 1.43 bits per heavy atom. The van der Waals surface area contributed by atoms with Crippen molar-refractivity contribution in [1.82, 2.24) is 0 Å². The summed E-state index contributed by atoms with van der Waals surface area (Å²) in [7, 11) is -9.83. The van der Waals surface area contributed by atoms with Gasteiger partial charge >= 0.3 is 26.7 Å². The monoisotopic (exact) mass is 688 g/mol. The molecule has 226 valence electrons. The minimum atomic E-state index is -6.00. The molecule has 4 aromatic rings. The van der Waals surface area contributed by atoms with Crippen LogP contribution in [0, 0.1) is 13.8 Å². The molecular formula is C31H35BF4N2O2RuS. The number of sulfonamides is 1. The fraction of sp³-hybridized carbons (Fsp3) is 0.226. The van der Waals surface area contributed by atoms with E-state index in [1.54, 1.807) is 24.3 Å². The molecule has 42 heavy (non-hydrogen) atoms. The van der Waals surface area contributed by atoms with Crippen molar-refractivity contribution in [3.8, 4) is 0 Å². The molecule has 2 atom stereocenters. The molecule has 0 aromatic heterocycles. The molecule has 0 unspecified atom stereocenters. The van der Waals surface area contributed by atoms with Crippen LogP contribution in [0.25, 0.3) is 4.72 Å². The van der Waals surface area contributed by atoms with Crippen molar-refractivity contribution in [1.29, 1.82) is 0 Å². The smallest absolute Gasteiger partial charge is 0.537 e. The number of hydrogen-bond donors (Lipinski definition) is 1. The molecule has 0 saturated carbocycles. The minimum absolute atomic E-state index is 0. The van der Waals surface area contributed by atoms with Crippen LogP contribution in [0.3, 0.4) is 0 Å². The molecule has 11 heteroatoms. The second-order valence-electron chi connectivity index (χ2n) is 9.75. The van der Waals surface area contributed by atoms with Gasteiger partial charge in [-0.15, -0.1) is 0 Å². The summed E-state index contributed by atoms with van der Waals surface area (Å²) in [5.74, 6) is 0.653. The van der Waals surface area contributed by atoms with E-state index in [1.807, 2.05) is 67.6 Å². The third-order valence-corrected chi connectivity index (χ3v) is 7.35. The molecule has 4 rings (SSSR count). The van der Waals surface area contributed by atoms with E-state index in [4.69, 9.17) is 5.73 Å². The maximum atomic E-state index is 12.8. The van der Waals surface area contributed by atoms with Crippen LogP contribution >= 0.6 is 0 Å². The first-order valence-corrected chi connectivity index (χ1v) is 14.4. The molecule has 0 aliphatic rings. The maximum absolute atomic E-state index is 12.8. The zero-order valence-electron chi connectivity index (χ0n) is 23.8. The average Bonchev–Trinajstić information content (AvgIpc) is 2.92. The topological polar surface area (TPSA) is 74.3 Å². The molecule has 0 heterocycles. The van der Waals surface area contributed by atoms with Gasteiger partial charge in [0.2, 0.25) is 0 Å². The van der Waals surface area contributed by atoms with E-state index in [1.165, 1.54) is 11.1 Å². The van der Waals surface area contributed by atoms with E-state index in [0.29, 0.717) is 5.92 Å². The van der Waals surface area contributed by atoms with E-state index in [2.05, 4.69) is 49.8 Å². The Kier molecular flexibility index (Phi) is 15.3. The molecule has 2 N–H and O–H groups in total. The number of nitrogens with two attached hydrogens (primary N) is 1. The predicted octanol–water partition coefficient (Wildman–Crippen LogP) is 8.91. The minimum Gasteiger partial charge on any atom is -0.537 e. The van der Waals surface area contributed by atoms with Crippen LogP contribution in [0.15, 0.2) is 114 Å². The van der Waals surface area contributed by atoms with Gasteiger partial charge in [0.05, 0.1) is 0 Å². The van der Waals surface area contributed by atoms with Crippen molar-refractivity contribution >= 4 is 17.3 Å². The van der Waals surface area contributed by atoms with E-state index >= 15 is 0 Å². The van der Waals surface area contributed by atoms with Crippen molar-refractivity contribution in [2.75, 3.05) is 0 Å².